The van der Waals surface area contributed by atoms with E-state index in [2.05, 4.69) is 33.9 Å². The van der Waals surface area contributed by atoms with Crippen molar-refractivity contribution in [1.82, 2.24) is 4.90 Å². The lowest BCUT2D eigenvalue weighted by Crippen LogP contribution is -2.23. The molecule has 0 amide bonds. The van der Waals surface area contributed by atoms with Crippen molar-refractivity contribution in [2.75, 3.05) is 13.6 Å². The Labute approximate surface area is 133 Å². The minimum Gasteiger partial charge on any atom is -0.324 e. The van der Waals surface area contributed by atoms with Crippen molar-refractivity contribution in [3.8, 4) is 0 Å². The van der Waals surface area contributed by atoms with Crippen molar-refractivity contribution in [2.45, 2.75) is 19.0 Å². The van der Waals surface area contributed by atoms with Gasteiger partial charge in [0.2, 0.25) is 0 Å². The van der Waals surface area contributed by atoms with E-state index in [1.54, 1.807) is 0 Å². The lowest BCUT2D eigenvalue weighted by atomic mass is 10.0. The molecule has 2 aromatic rings. The van der Waals surface area contributed by atoms with Crippen LogP contribution in [0.25, 0.3) is 0 Å². The maximum atomic E-state index is 12.9. The van der Waals surface area contributed by atoms with Crippen LogP contribution < -0.4 is 5.73 Å². The van der Waals surface area contributed by atoms with E-state index >= 15 is 0 Å². The van der Waals surface area contributed by atoms with Crippen LogP contribution >= 0.6 is 15.9 Å². The molecule has 0 bridgehead atoms. The topological polar surface area (TPSA) is 29.3 Å². The summed E-state index contributed by atoms with van der Waals surface area (Å²) >= 11 is 3.54. The van der Waals surface area contributed by atoms with Crippen molar-refractivity contribution in [1.29, 1.82) is 0 Å². The van der Waals surface area contributed by atoms with Gasteiger partial charge >= 0.3 is 0 Å². The Morgan fingerprint density at radius 1 is 1.14 bits per heavy atom. The van der Waals surface area contributed by atoms with Gasteiger partial charge in [-0.2, -0.15) is 0 Å². The molecule has 0 radical (unpaired) electrons. The fourth-order valence-electron chi connectivity index (χ4n) is 2.27. The van der Waals surface area contributed by atoms with Crippen molar-refractivity contribution in [2.24, 2.45) is 5.73 Å². The van der Waals surface area contributed by atoms with Gasteiger partial charge in [0.25, 0.3) is 0 Å². The third-order valence-corrected chi connectivity index (χ3v) is 4.21. The number of benzene rings is 2. The van der Waals surface area contributed by atoms with Crippen LogP contribution in [-0.4, -0.2) is 18.5 Å². The lowest BCUT2D eigenvalue weighted by Gasteiger charge is -2.20. The van der Waals surface area contributed by atoms with Crippen molar-refractivity contribution >= 4 is 15.9 Å². The highest BCUT2D eigenvalue weighted by molar-refractivity contribution is 9.10. The second kappa shape index (κ2) is 7.69. The smallest absolute Gasteiger partial charge is 0.123 e. The van der Waals surface area contributed by atoms with E-state index in [-0.39, 0.29) is 11.9 Å². The third kappa shape index (κ3) is 4.92. The summed E-state index contributed by atoms with van der Waals surface area (Å²) in [5.41, 5.74) is 8.49. The number of hydrogen-bond donors (Lipinski definition) is 1. The second-order valence-electron chi connectivity index (χ2n) is 5.28. The van der Waals surface area contributed by atoms with Crippen LogP contribution in [0.15, 0.2) is 53.0 Å². The molecule has 0 spiro atoms. The van der Waals surface area contributed by atoms with Crippen LogP contribution in [0, 0.1) is 5.82 Å². The maximum absolute atomic E-state index is 12.9. The zero-order valence-electron chi connectivity index (χ0n) is 12.1. The van der Waals surface area contributed by atoms with Crippen molar-refractivity contribution in [3.63, 3.8) is 0 Å². The highest BCUT2D eigenvalue weighted by atomic mass is 79.9. The van der Waals surface area contributed by atoms with E-state index in [4.69, 9.17) is 5.73 Å². The van der Waals surface area contributed by atoms with E-state index in [1.807, 2.05) is 30.3 Å². The van der Waals surface area contributed by atoms with Crippen molar-refractivity contribution in [3.05, 3.63) is 69.9 Å². The highest BCUT2D eigenvalue weighted by Crippen LogP contribution is 2.23. The average Bonchev–Trinajstić information content (AvgIpc) is 2.48. The Bertz CT molecular complexity index is 571. The number of nitrogens with two attached hydrogens (primary N) is 1. The fraction of sp³-hybridized carbons (Fsp3) is 0.294. The third-order valence-electron chi connectivity index (χ3n) is 3.49. The molecule has 0 aliphatic rings. The molecule has 2 N–H and O–H groups in total. The Balaban J connectivity index is 1.85. The molecule has 112 valence electrons. The average molecular weight is 351 g/mol. The first-order valence-corrected chi connectivity index (χ1v) is 7.78. The SMILES string of the molecule is CN(CCC(N)c1ccccc1Br)Cc1ccc(F)cc1. The van der Waals surface area contributed by atoms with E-state index in [0.717, 1.165) is 35.1 Å². The summed E-state index contributed by atoms with van der Waals surface area (Å²) in [5.74, 6) is -0.197. The molecule has 1 atom stereocenters. The minimum atomic E-state index is -0.197. The quantitative estimate of drug-likeness (QED) is 0.849. The maximum Gasteiger partial charge on any atom is 0.123 e. The monoisotopic (exact) mass is 350 g/mol. The van der Waals surface area contributed by atoms with Crippen LogP contribution in [-0.2, 0) is 6.54 Å². The van der Waals surface area contributed by atoms with Gasteiger partial charge in [-0.25, -0.2) is 4.39 Å². The van der Waals surface area contributed by atoms with Gasteiger partial charge in [-0.3, -0.25) is 0 Å². The molecule has 0 aromatic heterocycles. The molecule has 0 aliphatic carbocycles. The molecule has 4 heteroatoms. The normalized spacial score (nSPS) is 12.6. The van der Waals surface area contributed by atoms with Gasteiger partial charge in [-0.05, 0) is 49.3 Å². The van der Waals surface area contributed by atoms with E-state index in [1.165, 1.54) is 12.1 Å². The molecule has 21 heavy (non-hydrogen) atoms. The summed E-state index contributed by atoms with van der Waals surface area (Å²) in [6.45, 7) is 1.68. The van der Waals surface area contributed by atoms with Gasteiger partial charge in [0, 0.05) is 17.1 Å². The molecule has 1 unspecified atom stereocenters. The van der Waals surface area contributed by atoms with Crippen LogP contribution in [0.2, 0.25) is 0 Å². The molecular formula is C17H20BrFN2. The second-order valence-corrected chi connectivity index (χ2v) is 6.14. The molecule has 2 rings (SSSR count). The first-order valence-electron chi connectivity index (χ1n) is 6.99. The van der Waals surface area contributed by atoms with Crippen molar-refractivity contribution < 1.29 is 4.39 Å². The molecule has 2 nitrogen and oxygen atoms in total. The lowest BCUT2D eigenvalue weighted by molar-refractivity contribution is 0.311. The van der Waals surface area contributed by atoms with Crippen LogP contribution in [0.3, 0.4) is 0 Å². The summed E-state index contributed by atoms with van der Waals surface area (Å²) in [5, 5.41) is 0. The summed E-state index contributed by atoms with van der Waals surface area (Å²) in [7, 11) is 2.05. The van der Waals surface area contributed by atoms with Gasteiger partial charge in [0.05, 0.1) is 0 Å². The predicted molar refractivity (Wildman–Crippen MR) is 88.4 cm³/mol. The van der Waals surface area contributed by atoms with Gasteiger partial charge in [-0.15, -0.1) is 0 Å². The molecule has 2 aromatic carbocycles. The van der Waals surface area contributed by atoms with E-state index in [0.29, 0.717) is 0 Å². The first-order chi connectivity index (χ1) is 10.1. The van der Waals surface area contributed by atoms with Crippen LogP contribution in [0.1, 0.15) is 23.6 Å². The number of rotatable bonds is 6. The van der Waals surface area contributed by atoms with Gasteiger partial charge in [0.1, 0.15) is 5.82 Å². The molecule has 0 aliphatic heterocycles. The van der Waals surface area contributed by atoms with E-state index in [9.17, 15) is 4.39 Å². The largest absolute Gasteiger partial charge is 0.324 e. The van der Waals surface area contributed by atoms with Gasteiger partial charge < -0.3 is 10.6 Å². The highest BCUT2D eigenvalue weighted by Gasteiger charge is 2.10. The Hall–Kier alpha value is -1.23. The molecule has 0 heterocycles. The summed E-state index contributed by atoms with van der Waals surface area (Å²) in [4.78, 5) is 2.20. The Morgan fingerprint density at radius 3 is 2.48 bits per heavy atom. The molecular weight excluding hydrogens is 331 g/mol. The number of halogens is 2. The van der Waals surface area contributed by atoms with Crippen LogP contribution in [0.5, 0.6) is 0 Å². The Morgan fingerprint density at radius 2 is 1.81 bits per heavy atom. The summed E-state index contributed by atoms with van der Waals surface area (Å²) < 4.78 is 13.9. The summed E-state index contributed by atoms with van der Waals surface area (Å²) in [6.07, 6.45) is 0.875. The zero-order valence-corrected chi connectivity index (χ0v) is 13.7. The van der Waals surface area contributed by atoms with Gasteiger partial charge in [0.15, 0.2) is 0 Å². The molecule has 0 saturated heterocycles. The fourth-order valence-corrected chi connectivity index (χ4v) is 2.85. The Kier molecular flexibility index (Phi) is 5.91. The van der Waals surface area contributed by atoms with E-state index < -0.39 is 0 Å². The van der Waals surface area contributed by atoms with Crippen LogP contribution in [0.4, 0.5) is 4.39 Å². The number of hydrogen-bond acceptors (Lipinski definition) is 2. The molecule has 0 saturated carbocycles. The number of nitrogens with zero attached hydrogens (tertiary/aromatic N) is 1. The first kappa shape index (κ1) is 16.1. The predicted octanol–water partition coefficient (Wildman–Crippen LogP) is 4.11. The molecule has 0 fully saturated rings. The standard InChI is InChI=1S/C17H20BrFN2/c1-21(12-13-6-8-14(19)9-7-13)11-10-17(20)15-4-2-3-5-16(15)18/h2-9,17H,10-12,20H2,1H3. The summed E-state index contributed by atoms with van der Waals surface area (Å²) in [6, 6.07) is 14.7. The van der Waals surface area contributed by atoms with Gasteiger partial charge in [-0.1, -0.05) is 46.3 Å². The zero-order chi connectivity index (χ0) is 15.2. The minimum absolute atomic E-state index is 0.0104.